The largest absolute Gasteiger partial charge is 0.459 e. The number of carbonyl (C=O) groups is 4. The van der Waals surface area contributed by atoms with Crippen molar-refractivity contribution in [3.63, 3.8) is 0 Å². The van der Waals surface area contributed by atoms with Crippen LogP contribution in [0.1, 0.15) is 165 Å². The van der Waals surface area contributed by atoms with Crippen molar-refractivity contribution in [3.8, 4) is 0 Å². The molecule has 0 aromatic rings. The molecule has 10 nitrogen and oxygen atoms in total. The molecule has 0 amide bonds. The van der Waals surface area contributed by atoms with E-state index in [0.717, 1.165) is 51.4 Å². The van der Waals surface area contributed by atoms with E-state index in [4.69, 9.17) is 18.9 Å². The Morgan fingerprint density at radius 2 is 1.26 bits per heavy atom. The summed E-state index contributed by atoms with van der Waals surface area (Å²) in [7, 11) is 0. The van der Waals surface area contributed by atoms with Crippen LogP contribution in [-0.2, 0) is 38.1 Å². The van der Waals surface area contributed by atoms with Crippen molar-refractivity contribution in [2.45, 2.75) is 199 Å². The first-order chi connectivity index (χ1) is 24.2. The summed E-state index contributed by atoms with van der Waals surface area (Å²) >= 11 is 0. The monoisotopic (exact) mass is 742 g/mol. The van der Waals surface area contributed by atoms with Crippen LogP contribution in [0.3, 0.4) is 0 Å². The van der Waals surface area contributed by atoms with Crippen molar-refractivity contribution in [2.24, 2.45) is 45.3 Å². The van der Waals surface area contributed by atoms with Gasteiger partial charge in [0.25, 0.3) is 0 Å². The summed E-state index contributed by atoms with van der Waals surface area (Å²) in [4.78, 5) is 55.7. The smallest absolute Gasteiger partial charge is 0.312 e. The molecule has 298 valence electrons. The molecule has 1 saturated heterocycles. The Labute approximate surface area is 316 Å². The quantitative estimate of drug-likeness (QED) is 0.156. The summed E-state index contributed by atoms with van der Waals surface area (Å²) in [5.74, 6) is -0.395. The van der Waals surface area contributed by atoms with Crippen LogP contribution >= 0.6 is 0 Å². The molecule has 0 aromatic carbocycles. The van der Waals surface area contributed by atoms with E-state index in [-0.39, 0.29) is 30.6 Å². The third kappa shape index (κ3) is 6.86. The van der Waals surface area contributed by atoms with E-state index in [1.807, 2.05) is 27.7 Å². The third-order valence-corrected chi connectivity index (χ3v) is 15.6. The highest BCUT2D eigenvalue weighted by Crippen LogP contribution is 2.66. The minimum absolute atomic E-state index is 0.0272. The first-order valence-corrected chi connectivity index (χ1v) is 20.6. The van der Waals surface area contributed by atoms with E-state index in [2.05, 4.69) is 0 Å². The van der Waals surface area contributed by atoms with Crippen molar-refractivity contribution in [2.75, 3.05) is 0 Å². The molecule has 0 spiro atoms. The third-order valence-electron chi connectivity index (χ3n) is 15.6. The Morgan fingerprint density at radius 1 is 0.736 bits per heavy atom. The Balaban J connectivity index is 1.15. The van der Waals surface area contributed by atoms with Crippen molar-refractivity contribution < 1.29 is 48.3 Å². The Morgan fingerprint density at radius 3 is 1.74 bits per heavy atom. The summed E-state index contributed by atoms with van der Waals surface area (Å²) in [6, 6.07) is 0. The summed E-state index contributed by atoms with van der Waals surface area (Å²) < 4.78 is 24.6. The Hall–Kier alpha value is -2.20. The fourth-order valence-corrected chi connectivity index (χ4v) is 13.7. The van der Waals surface area contributed by atoms with Crippen LogP contribution in [0.4, 0.5) is 0 Å². The SMILES string of the molecule is CCC(C)(CC(C)(CC(C)(C)C(=O)OC1CC(=O)OC1(C)C)C(=O)OC12CC3CC(CC(O)(C3)C1)C2)C(=O)OC(C)(C)C12CC3CC(CC(O)(C3)C1)C2. The zero-order valence-electron chi connectivity index (χ0n) is 33.9. The van der Waals surface area contributed by atoms with Crippen molar-refractivity contribution >= 4 is 23.9 Å². The standard InChI is InChI=1S/C43H66O10/c1-10-38(8,33(46)52-37(6,7)40-14-26-11-27(15-40)17-41(48,16-26)24-40)23-39(9,22-35(2,3)32(45)50-30-13-31(44)51-36(30,4)5)34(47)53-43-20-28-12-29(21-43)19-42(49,18-28)25-43/h26-30,48-49H,10-25H2,1-9H3. The summed E-state index contributed by atoms with van der Waals surface area (Å²) in [6.45, 7) is 16.5. The van der Waals surface area contributed by atoms with Crippen LogP contribution in [0.2, 0.25) is 0 Å². The van der Waals surface area contributed by atoms with Gasteiger partial charge in [0.15, 0.2) is 6.10 Å². The molecule has 2 N–H and O–H groups in total. The maximum Gasteiger partial charge on any atom is 0.312 e. The number of cyclic esters (lactones) is 1. The predicted octanol–water partition coefficient (Wildman–Crippen LogP) is 7.13. The molecule has 10 heteroatoms. The second-order valence-corrected chi connectivity index (χ2v) is 22.0. The Kier molecular flexibility index (Phi) is 8.95. The summed E-state index contributed by atoms with van der Waals surface area (Å²) in [5.41, 5.74) is -8.10. The predicted molar refractivity (Wildman–Crippen MR) is 195 cm³/mol. The second-order valence-electron chi connectivity index (χ2n) is 22.0. The molecule has 8 bridgehead atoms. The van der Waals surface area contributed by atoms with Crippen LogP contribution in [0, 0.1) is 45.3 Å². The first kappa shape index (κ1) is 39.1. The summed E-state index contributed by atoms with van der Waals surface area (Å²) in [5, 5.41) is 23.0. The lowest BCUT2D eigenvalue weighted by atomic mass is 9.44. The number of ether oxygens (including phenoxy) is 4. The zero-order valence-corrected chi connectivity index (χ0v) is 33.9. The normalized spacial score (nSPS) is 41.7. The number of aliphatic hydroxyl groups is 2. The molecule has 7 unspecified atom stereocenters. The number of rotatable bonds is 12. The molecule has 1 aliphatic heterocycles. The van der Waals surface area contributed by atoms with E-state index >= 15 is 0 Å². The van der Waals surface area contributed by atoms with Gasteiger partial charge in [-0.25, -0.2) is 0 Å². The van der Waals surface area contributed by atoms with Gasteiger partial charge in [-0.15, -0.1) is 0 Å². The lowest BCUT2D eigenvalue weighted by molar-refractivity contribution is -0.238. The molecule has 0 aromatic heterocycles. The highest BCUT2D eigenvalue weighted by molar-refractivity contribution is 5.83. The fraction of sp³-hybridized carbons (Fsp3) is 0.907. The van der Waals surface area contributed by atoms with Crippen LogP contribution in [0.25, 0.3) is 0 Å². The number of esters is 4. The van der Waals surface area contributed by atoms with Crippen molar-refractivity contribution in [1.82, 2.24) is 0 Å². The van der Waals surface area contributed by atoms with E-state index in [1.165, 1.54) is 0 Å². The van der Waals surface area contributed by atoms with Gasteiger partial charge in [-0.05, 0) is 169 Å². The molecule has 7 atom stereocenters. The molecule has 9 fully saturated rings. The number of hydrogen-bond donors (Lipinski definition) is 2. The van der Waals surface area contributed by atoms with Gasteiger partial charge in [-0.1, -0.05) is 6.92 Å². The molecular formula is C43H66O10. The van der Waals surface area contributed by atoms with Gasteiger partial charge in [0.1, 0.15) is 16.8 Å². The molecule has 1 heterocycles. The van der Waals surface area contributed by atoms with Gasteiger partial charge >= 0.3 is 23.9 Å². The topological polar surface area (TPSA) is 146 Å². The average Bonchev–Trinajstić information content (AvgIpc) is 3.23. The van der Waals surface area contributed by atoms with E-state index in [1.54, 1.807) is 34.6 Å². The minimum atomic E-state index is -1.32. The van der Waals surface area contributed by atoms with Gasteiger partial charge in [0.2, 0.25) is 0 Å². The van der Waals surface area contributed by atoms with Crippen LogP contribution < -0.4 is 0 Å². The average molecular weight is 743 g/mol. The second kappa shape index (κ2) is 12.1. The highest BCUT2D eigenvalue weighted by Gasteiger charge is 2.65. The van der Waals surface area contributed by atoms with Crippen LogP contribution in [0.15, 0.2) is 0 Å². The highest BCUT2D eigenvalue weighted by atomic mass is 16.6. The van der Waals surface area contributed by atoms with E-state index in [9.17, 15) is 29.4 Å². The van der Waals surface area contributed by atoms with Crippen LogP contribution in [0.5, 0.6) is 0 Å². The maximum absolute atomic E-state index is 14.9. The molecule has 0 radical (unpaired) electrons. The lowest BCUT2D eigenvalue weighted by Gasteiger charge is -2.64. The fourth-order valence-electron chi connectivity index (χ4n) is 13.7. The first-order valence-electron chi connectivity index (χ1n) is 20.6. The van der Waals surface area contributed by atoms with Crippen molar-refractivity contribution in [1.29, 1.82) is 0 Å². The van der Waals surface area contributed by atoms with Crippen molar-refractivity contribution in [3.05, 3.63) is 0 Å². The molecule has 8 saturated carbocycles. The zero-order chi connectivity index (χ0) is 38.8. The molecule has 8 aliphatic carbocycles. The molecule has 9 aliphatic rings. The van der Waals surface area contributed by atoms with Gasteiger partial charge < -0.3 is 29.2 Å². The molecular weight excluding hydrogens is 676 g/mol. The number of carbonyl (C=O) groups excluding carboxylic acids is 4. The van der Waals surface area contributed by atoms with E-state index in [0.29, 0.717) is 55.8 Å². The molecule has 53 heavy (non-hydrogen) atoms. The van der Waals surface area contributed by atoms with Gasteiger partial charge in [0.05, 0.1) is 33.9 Å². The minimum Gasteiger partial charge on any atom is -0.459 e. The van der Waals surface area contributed by atoms with Gasteiger partial charge in [-0.2, -0.15) is 0 Å². The molecule has 9 rings (SSSR count). The lowest BCUT2D eigenvalue weighted by Crippen LogP contribution is -2.63. The maximum atomic E-state index is 14.9. The van der Waals surface area contributed by atoms with Crippen LogP contribution in [-0.4, -0.2) is 68.2 Å². The number of hydrogen-bond acceptors (Lipinski definition) is 10. The Bertz CT molecular complexity index is 1510. The van der Waals surface area contributed by atoms with Gasteiger partial charge in [0, 0.05) is 11.8 Å². The van der Waals surface area contributed by atoms with E-state index < -0.39 is 68.3 Å². The summed E-state index contributed by atoms with van der Waals surface area (Å²) in [6.07, 6.45) is 9.27. The van der Waals surface area contributed by atoms with Gasteiger partial charge in [-0.3, -0.25) is 19.2 Å².